The van der Waals surface area contributed by atoms with E-state index in [0.29, 0.717) is 9.99 Å². The molecule has 4 heterocycles. The van der Waals surface area contributed by atoms with Crippen molar-refractivity contribution in [3.05, 3.63) is 21.0 Å². The van der Waals surface area contributed by atoms with E-state index < -0.39 is 35.8 Å². The fraction of sp³-hybridized carbons (Fsp3) is 0.353. The number of aryl methyl sites for hydroxylation is 1. The van der Waals surface area contributed by atoms with E-state index in [-0.39, 0.29) is 33.9 Å². The van der Waals surface area contributed by atoms with Crippen molar-refractivity contribution in [2.24, 2.45) is 12.2 Å². The van der Waals surface area contributed by atoms with Crippen molar-refractivity contribution in [3.8, 4) is 0 Å². The molecule has 1 fully saturated rings. The maximum Gasteiger partial charge on any atom is 0.354 e. The number of aliphatic carboxylic acids is 1. The van der Waals surface area contributed by atoms with Crippen LogP contribution >= 0.6 is 34.9 Å². The van der Waals surface area contributed by atoms with Gasteiger partial charge >= 0.3 is 5.97 Å². The van der Waals surface area contributed by atoms with Gasteiger partial charge in [0.15, 0.2) is 16.5 Å². The largest absolute Gasteiger partial charge is 0.477 e. The van der Waals surface area contributed by atoms with Crippen LogP contribution < -0.4 is 16.4 Å². The Morgan fingerprint density at radius 2 is 2.19 bits per heavy atom. The highest BCUT2D eigenvalue weighted by molar-refractivity contribution is 8.22. The number of carboxylic acids is 1. The molecule has 5 N–H and O–H groups in total. The molecule has 36 heavy (non-hydrogen) atoms. The number of hydrogen-bond acceptors (Lipinski definition) is 14. The summed E-state index contributed by atoms with van der Waals surface area (Å²) >= 11 is 3.24. The van der Waals surface area contributed by atoms with Crippen LogP contribution in [0.3, 0.4) is 0 Å². The van der Waals surface area contributed by atoms with Gasteiger partial charge in [-0.25, -0.2) is 9.78 Å². The van der Waals surface area contributed by atoms with E-state index in [1.54, 1.807) is 0 Å². The molecule has 4 rings (SSSR count). The number of carbonyl (C=O) groups is 4. The Bertz CT molecular complexity index is 1290. The Hall–Kier alpha value is -3.71. The van der Waals surface area contributed by atoms with Crippen LogP contribution in [-0.2, 0) is 31.1 Å². The molecule has 2 atom stereocenters. The number of β-lactam (4-membered cyclic amide) rings is 1. The Morgan fingerprint density at radius 3 is 2.81 bits per heavy atom. The number of amides is 3. The van der Waals surface area contributed by atoms with Crippen molar-refractivity contribution in [2.75, 3.05) is 29.7 Å². The van der Waals surface area contributed by atoms with Crippen molar-refractivity contribution in [1.82, 2.24) is 35.4 Å². The first-order chi connectivity index (χ1) is 17.2. The van der Waals surface area contributed by atoms with Gasteiger partial charge in [0.25, 0.3) is 17.8 Å². The molecule has 2 aromatic rings. The molecule has 190 valence electrons. The first-order valence-electron chi connectivity index (χ1n) is 9.93. The molecule has 2 aliphatic heterocycles. The van der Waals surface area contributed by atoms with Gasteiger partial charge < -0.3 is 21.0 Å². The summed E-state index contributed by atoms with van der Waals surface area (Å²) in [6.07, 6.45) is 0. The second-order valence-electron chi connectivity index (χ2n) is 7.11. The maximum absolute atomic E-state index is 12.9. The molecule has 0 aliphatic carbocycles. The SMILES string of the molecule is CON=C(C(=O)NC1C(=O)N2C(C(=O)O)=C(SCC(=O)Nc3nnn(C)n3)SCC12)c1csc(N)n1. The lowest BCUT2D eigenvalue weighted by Crippen LogP contribution is -2.72. The number of anilines is 2. The zero-order valence-electron chi connectivity index (χ0n) is 18.6. The Kier molecular flexibility index (Phi) is 7.40. The van der Waals surface area contributed by atoms with E-state index in [1.165, 1.54) is 36.1 Å². The third kappa shape index (κ3) is 5.11. The average Bonchev–Trinajstić information content (AvgIpc) is 3.45. The normalized spacial score (nSPS) is 19.4. The van der Waals surface area contributed by atoms with Gasteiger partial charge in [0.2, 0.25) is 5.91 Å². The number of carbonyl (C=O) groups excluding carboxylic acids is 3. The standard InChI is InChI=1S/C17H18N10O6S3/c1-26-23-17(22-25-26)20-8(28)5-35-15-11(14(31)32)27-7(4-34-15)10(13(27)30)21-12(29)9(24-33-2)6-3-36-16(18)19-6/h3,7,10H,4-5H2,1-2H3,(H2,18,19)(H,21,29)(H,31,32)(H,20,23,28). The molecule has 0 bridgehead atoms. The second kappa shape index (κ2) is 10.5. The van der Waals surface area contributed by atoms with Crippen LogP contribution in [0.25, 0.3) is 0 Å². The Morgan fingerprint density at radius 1 is 1.42 bits per heavy atom. The molecule has 19 heteroatoms. The molecule has 0 radical (unpaired) electrons. The third-order valence-corrected chi connectivity index (χ3v) is 7.99. The minimum absolute atomic E-state index is 0.0140. The molecule has 2 unspecified atom stereocenters. The van der Waals surface area contributed by atoms with Gasteiger partial charge in [-0.3, -0.25) is 24.6 Å². The molecule has 3 amide bonds. The van der Waals surface area contributed by atoms with Gasteiger partial charge in [0, 0.05) is 11.1 Å². The van der Waals surface area contributed by atoms with Gasteiger partial charge in [-0.05, 0) is 5.21 Å². The summed E-state index contributed by atoms with van der Waals surface area (Å²) < 4.78 is 0.290. The van der Waals surface area contributed by atoms with Crippen LogP contribution in [0.5, 0.6) is 0 Å². The molecule has 2 aliphatic rings. The lowest BCUT2D eigenvalue weighted by molar-refractivity contribution is -0.153. The van der Waals surface area contributed by atoms with Crippen molar-refractivity contribution >= 4 is 75.3 Å². The van der Waals surface area contributed by atoms with Gasteiger partial charge in [0.05, 0.1) is 23.1 Å². The number of nitrogens with zero attached hydrogens (tertiary/aromatic N) is 7. The van der Waals surface area contributed by atoms with Crippen molar-refractivity contribution < 1.29 is 29.1 Å². The quantitative estimate of drug-likeness (QED) is 0.160. The number of aromatic nitrogens is 5. The number of nitrogens with one attached hydrogen (secondary N) is 2. The van der Waals surface area contributed by atoms with E-state index in [1.807, 2.05) is 0 Å². The van der Waals surface area contributed by atoms with Gasteiger partial charge in [0.1, 0.15) is 18.8 Å². The summed E-state index contributed by atoms with van der Waals surface area (Å²) in [4.78, 5) is 60.9. The minimum Gasteiger partial charge on any atom is -0.477 e. The minimum atomic E-state index is -1.33. The lowest BCUT2D eigenvalue weighted by atomic mass is 9.95. The molecular weight excluding hydrogens is 536 g/mol. The molecule has 0 aromatic carbocycles. The van der Waals surface area contributed by atoms with Gasteiger partial charge in [-0.15, -0.1) is 40.0 Å². The highest BCUT2D eigenvalue weighted by Crippen LogP contribution is 2.43. The van der Waals surface area contributed by atoms with E-state index in [9.17, 15) is 24.3 Å². The molecular formula is C17H18N10O6S3. The molecule has 2 aromatic heterocycles. The zero-order valence-corrected chi connectivity index (χ0v) is 21.0. The average molecular weight is 555 g/mol. The lowest BCUT2D eigenvalue weighted by Gasteiger charge is -2.49. The Balaban J connectivity index is 1.43. The number of rotatable bonds is 9. The summed E-state index contributed by atoms with van der Waals surface area (Å²) in [5, 5.41) is 31.3. The number of nitrogen functional groups attached to an aromatic ring is 1. The molecule has 16 nitrogen and oxygen atoms in total. The van der Waals surface area contributed by atoms with E-state index in [4.69, 9.17) is 10.6 Å². The highest BCUT2D eigenvalue weighted by Gasteiger charge is 2.54. The highest BCUT2D eigenvalue weighted by atomic mass is 32.2. The second-order valence-corrected chi connectivity index (χ2v) is 10.3. The van der Waals surface area contributed by atoms with E-state index in [2.05, 4.69) is 36.2 Å². The van der Waals surface area contributed by atoms with Crippen LogP contribution in [-0.4, -0.2) is 95.3 Å². The van der Waals surface area contributed by atoms with Crippen molar-refractivity contribution in [2.45, 2.75) is 12.1 Å². The summed E-state index contributed by atoms with van der Waals surface area (Å²) in [6.45, 7) is 0. The number of hydrogen-bond donors (Lipinski definition) is 4. The number of carboxylic acid groups (broad SMARTS) is 1. The number of oxime groups is 1. The third-order valence-electron chi connectivity index (χ3n) is 4.78. The first kappa shape index (κ1) is 25.4. The predicted octanol–water partition coefficient (Wildman–Crippen LogP) is -1.33. The fourth-order valence-electron chi connectivity index (χ4n) is 3.31. The van der Waals surface area contributed by atoms with Crippen molar-refractivity contribution in [1.29, 1.82) is 0 Å². The van der Waals surface area contributed by atoms with Crippen LogP contribution in [0.4, 0.5) is 11.1 Å². The van der Waals surface area contributed by atoms with E-state index in [0.717, 1.165) is 28.0 Å². The Labute approximate surface area is 214 Å². The zero-order chi connectivity index (χ0) is 26.0. The molecule has 1 saturated heterocycles. The van der Waals surface area contributed by atoms with Crippen molar-refractivity contribution in [3.63, 3.8) is 0 Å². The first-order valence-corrected chi connectivity index (χ1v) is 12.8. The summed E-state index contributed by atoms with van der Waals surface area (Å²) in [5.41, 5.74) is 5.38. The summed E-state index contributed by atoms with van der Waals surface area (Å²) in [5.74, 6) is -2.96. The monoisotopic (exact) mass is 554 g/mol. The van der Waals surface area contributed by atoms with Crippen LogP contribution in [0, 0.1) is 0 Å². The van der Waals surface area contributed by atoms with Crippen LogP contribution in [0.15, 0.2) is 20.5 Å². The number of fused-ring (bicyclic) bond motifs is 1. The topological polar surface area (TPSA) is 220 Å². The molecule has 0 spiro atoms. The number of nitrogens with two attached hydrogens (primary N) is 1. The predicted molar refractivity (Wildman–Crippen MR) is 130 cm³/mol. The van der Waals surface area contributed by atoms with Crippen LogP contribution in [0.1, 0.15) is 5.69 Å². The van der Waals surface area contributed by atoms with E-state index >= 15 is 0 Å². The summed E-state index contributed by atoms with van der Waals surface area (Å²) in [6, 6.07) is -1.58. The summed E-state index contributed by atoms with van der Waals surface area (Å²) in [7, 11) is 2.79. The number of thiazole rings is 1. The van der Waals surface area contributed by atoms with Crippen LogP contribution in [0.2, 0.25) is 0 Å². The number of tetrazole rings is 1. The van der Waals surface area contributed by atoms with Gasteiger partial charge in [-0.2, -0.15) is 4.80 Å². The maximum atomic E-state index is 12.9. The van der Waals surface area contributed by atoms with Gasteiger partial charge in [-0.1, -0.05) is 10.3 Å². The smallest absolute Gasteiger partial charge is 0.354 e. The number of thioether (sulfide) groups is 2. The fourth-order valence-corrected chi connectivity index (χ4v) is 6.21. The molecule has 0 saturated carbocycles.